The van der Waals surface area contributed by atoms with Crippen LogP contribution in [0.3, 0.4) is 0 Å². The average Bonchev–Trinajstić information content (AvgIpc) is 2.99. The Balaban J connectivity index is 2.12. The molecule has 3 rings (SSSR count). The van der Waals surface area contributed by atoms with E-state index in [0.717, 1.165) is 4.31 Å². The Morgan fingerprint density at radius 2 is 1.52 bits per heavy atom. The van der Waals surface area contributed by atoms with Crippen molar-refractivity contribution in [2.24, 2.45) is 5.92 Å². The summed E-state index contributed by atoms with van der Waals surface area (Å²) in [5.41, 5.74) is 0.616. The van der Waals surface area contributed by atoms with Gasteiger partial charge in [-0.3, -0.25) is 13.9 Å². The molecule has 1 N–H and O–H groups in total. The summed E-state index contributed by atoms with van der Waals surface area (Å²) in [4.78, 5) is 28.8. The number of methoxy groups -OCH3 is 2. The number of benzene rings is 3. The highest BCUT2D eigenvalue weighted by molar-refractivity contribution is 7.92. The van der Waals surface area contributed by atoms with Crippen LogP contribution in [0.4, 0.5) is 5.69 Å². The quantitative estimate of drug-likeness (QED) is 0.210. The molecule has 0 aliphatic carbocycles. The monoisotopic (exact) mass is 683 g/mol. The third kappa shape index (κ3) is 8.50. The normalized spacial score (nSPS) is 12.0. The number of rotatable bonds is 14. The topological polar surface area (TPSA) is 105 Å². The van der Waals surface area contributed by atoms with Crippen molar-refractivity contribution in [1.29, 1.82) is 0 Å². The summed E-state index contributed by atoms with van der Waals surface area (Å²) in [6.45, 7) is 5.30. The molecule has 9 nitrogen and oxygen atoms in total. The van der Waals surface area contributed by atoms with Crippen molar-refractivity contribution >= 4 is 62.3 Å². The SMILES string of the molecule is CC[C@@H](C(=O)NCC(C)C)N(Cc1c(Cl)cccc1Cl)C(=O)CN(c1ccc(Cl)cc1)S(=O)(=O)c1ccc(OC)c(OC)c1. The van der Waals surface area contributed by atoms with Gasteiger partial charge >= 0.3 is 0 Å². The summed E-state index contributed by atoms with van der Waals surface area (Å²) < 4.78 is 39.9. The van der Waals surface area contributed by atoms with Crippen molar-refractivity contribution in [3.63, 3.8) is 0 Å². The first-order valence-electron chi connectivity index (χ1n) is 13.8. The van der Waals surface area contributed by atoms with Gasteiger partial charge in [0.1, 0.15) is 12.6 Å². The van der Waals surface area contributed by atoms with Crippen LogP contribution < -0.4 is 19.1 Å². The molecule has 44 heavy (non-hydrogen) atoms. The Morgan fingerprint density at radius 3 is 2.07 bits per heavy atom. The lowest BCUT2D eigenvalue weighted by Crippen LogP contribution is -2.52. The second-order valence-corrected chi connectivity index (χ2v) is 13.4. The van der Waals surface area contributed by atoms with E-state index in [1.54, 1.807) is 25.1 Å². The Labute approximate surface area is 274 Å². The lowest BCUT2D eigenvalue weighted by atomic mass is 10.1. The van der Waals surface area contributed by atoms with Gasteiger partial charge in [0.25, 0.3) is 10.0 Å². The molecule has 13 heteroatoms. The number of carbonyl (C=O) groups excluding carboxylic acids is 2. The zero-order chi connectivity index (χ0) is 32.6. The maximum atomic E-state index is 14.2. The van der Waals surface area contributed by atoms with Gasteiger partial charge in [-0.25, -0.2) is 8.42 Å². The van der Waals surface area contributed by atoms with Crippen molar-refractivity contribution in [3.8, 4) is 11.5 Å². The van der Waals surface area contributed by atoms with Crippen molar-refractivity contribution in [1.82, 2.24) is 10.2 Å². The number of nitrogens with zero attached hydrogens (tertiary/aromatic N) is 2. The Kier molecular flexibility index (Phi) is 12.6. The van der Waals surface area contributed by atoms with Crippen molar-refractivity contribution < 1.29 is 27.5 Å². The molecule has 0 bridgehead atoms. The number of halogens is 3. The molecule has 0 aliphatic heterocycles. The highest BCUT2D eigenvalue weighted by Gasteiger charge is 2.34. The van der Waals surface area contributed by atoms with E-state index in [2.05, 4.69) is 5.32 Å². The highest BCUT2D eigenvalue weighted by atomic mass is 35.5. The number of sulfonamides is 1. The van der Waals surface area contributed by atoms with Gasteiger partial charge in [-0.05, 0) is 60.9 Å². The molecule has 0 aliphatic rings. The largest absolute Gasteiger partial charge is 0.493 e. The fourth-order valence-electron chi connectivity index (χ4n) is 4.44. The molecule has 0 unspecified atom stereocenters. The fraction of sp³-hybridized carbons (Fsp3) is 0.355. The van der Waals surface area contributed by atoms with E-state index < -0.39 is 28.5 Å². The van der Waals surface area contributed by atoms with Gasteiger partial charge in [-0.1, -0.05) is 61.6 Å². The van der Waals surface area contributed by atoms with E-state index in [4.69, 9.17) is 44.3 Å². The van der Waals surface area contributed by atoms with E-state index in [1.165, 1.54) is 61.6 Å². The maximum absolute atomic E-state index is 14.2. The van der Waals surface area contributed by atoms with Crippen LogP contribution >= 0.6 is 34.8 Å². The first kappa shape index (κ1) is 35.3. The summed E-state index contributed by atoms with van der Waals surface area (Å²) in [5, 5.41) is 3.88. The molecule has 0 aromatic heterocycles. The van der Waals surface area contributed by atoms with Gasteiger partial charge in [0.05, 0.1) is 24.8 Å². The number of amides is 2. The molecule has 1 atom stereocenters. The lowest BCUT2D eigenvalue weighted by Gasteiger charge is -2.33. The molecular formula is C31H36Cl3N3O6S. The Morgan fingerprint density at radius 1 is 0.909 bits per heavy atom. The fourth-order valence-corrected chi connectivity index (χ4v) is 6.51. The average molecular weight is 685 g/mol. The molecule has 238 valence electrons. The minimum Gasteiger partial charge on any atom is -0.493 e. The van der Waals surface area contributed by atoms with Crippen LogP contribution in [0.15, 0.2) is 65.6 Å². The summed E-state index contributed by atoms with van der Waals surface area (Å²) in [6.07, 6.45) is 0.251. The molecule has 2 amide bonds. The molecule has 0 fully saturated rings. The summed E-state index contributed by atoms with van der Waals surface area (Å²) >= 11 is 19.0. The molecular weight excluding hydrogens is 649 g/mol. The third-order valence-corrected chi connectivity index (χ3v) is 9.53. The summed E-state index contributed by atoms with van der Waals surface area (Å²) in [5.74, 6) is -0.323. The smallest absolute Gasteiger partial charge is 0.264 e. The van der Waals surface area contributed by atoms with E-state index in [9.17, 15) is 18.0 Å². The van der Waals surface area contributed by atoms with Crippen LogP contribution in [0.2, 0.25) is 15.1 Å². The van der Waals surface area contributed by atoms with E-state index in [1.807, 2.05) is 13.8 Å². The van der Waals surface area contributed by atoms with Gasteiger partial charge in [-0.15, -0.1) is 0 Å². The standard InChI is InChI=1S/C31H36Cl3N3O6S/c1-6-27(31(39)35-17-20(2)3)36(18-24-25(33)8-7-9-26(24)34)30(38)19-37(22-12-10-21(32)11-13-22)44(40,41)23-14-15-28(42-4)29(16-23)43-5/h7-16,20,27H,6,17-19H2,1-5H3,(H,35,39)/t27-/m0/s1. The highest BCUT2D eigenvalue weighted by Crippen LogP contribution is 2.33. The van der Waals surface area contributed by atoms with Crippen LogP contribution in [-0.4, -0.2) is 58.5 Å². The predicted molar refractivity (Wildman–Crippen MR) is 174 cm³/mol. The van der Waals surface area contributed by atoms with Gasteiger partial charge in [0, 0.05) is 39.8 Å². The van der Waals surface area contributed by atoms with Crippen LogP contribution in [0.25, 0.3) is 0 Å². The maximum Gasteiger partial charge on any atom is 0.264 e. The van der Waals surface area contributed by atoms with Gasteiger partial charge < -0.3 is 19.7 Å². The van der Waals surface area contributed by atoms with Crippen molar-refractivity contribution in [2.45, 2.75) is 44.7 Å². The number of anilines is 1. The minimum absolute atomic E-state index is 0.129. The zero-order valence-electron chi connectivity index (χ0n) is 25.1. The second-order valence-electron chi connectivity index (χ2n) is 10.3. The number of hydrogen-bond acceptors (Lipinski definition) is 6. The third-order valence-electron chi connectivity index (χ3n) is 6.80. The van der Waals surface area contributed by atoms with E-state index in [-0.39, 0.29) is 41.1 Å². The first-order valence-corrected chi connectivity index (χ1v) is 16.4. The Bertz CT molecular complexity index is 1550. The van der Waals surface area contributed by atoms with Crippen LogP contribution in [-0.2, 0) is 26.2 Å². The Hall–Kier alpha value is -3.18. The molecule has 3 aromatic rings. The zero-order valence-corrected chi connectivity index (χ0v) is 28.2. The van der Waals surface area contributed by atoms with Crippen molar-refractivity contribution in [3.05, 3.63) is 81.3 Å². The number of ether oxygens (including phenoxy) is 2. The summed E-state index contributed by atoms with van der Waals surface area (Å²) in [6, 6.07) is 14.2. The first-order chi connectivity index (χ1) is 20.8. The lowest BCUT2D eigenvalue weighted by molar-refractivity contribution is -0.140. The molecule has 0 radical (unpaired) electrons. The predicted octanol–water partition coefficient (Wildman–Crippen LogP) is 6.44. The number of carbonyl (C=O) groups is 2. The summed E-state index contributed by atoms with van der Waals surface area (Å²) in [7, 11) is -1.53. The van der Waals surface area contributed by atoms with E-state index in [0.29, 0.717) is 32.9 Å². The van der Waals surface area contributed by atoms with Crippen molar-refractivity contribution in [2.75, 3.05) is 31.6 Å². The second kappa shape index (κ2) is 15.7. The minimum atomic E-state index is -4.36. The van der Waals surface area contributed by atoms with Gasteiger partial charge in [-0.2, -0.15) is 0 Å². The van der Waals surface area contributed by atoms with Gasteiger partial charge in [0.15, 0.2) is 11.5 Å². The van der Waals surface area contributed by atoms with Crippen LogP contribution in [0.1, 0.15) is 32.8 Å². The van der Waals surface area contributed by atoms with Crippen LogP contribution in [0, 0.1) is 5.92 Å². The number of nitrogens with one attached hydrogen (secondary N) is 1. The van der Waals surface area contributed by atoms with Crippen LogP contribution in [0.5, 0.6) is 11.5 Å². The molecule has 0 heterocycles. The molecule has 0 spiro atoms. The molecule has 0 saturated carbocycles. The number of hydrogen-bond donors (Lipinski definition) is 1. The van der Waals surface area contributed by atoms with Gasteiger partial charge in [0.2, 0.25) is 11.8 Å². The van der Waals surface area contributed by atoms with E-state index >= 15 is 0 Å². The molecule has 3 aromatic carbocycles. The molecule has 0 saturated heterocycles.